The van der Waals surface area contributed by atoms with E-state index in [0.29, 0.717) is 26.2 Å². The van der Waals surface area contributed by atoms with Crippen LogP contribution in [0.5, 0.6) is 0 Å². The van der Waals surface area contributed by atoms with Gasteiger partial charge in [-0.1, -0.05) is 6.42 Å². The van der Waals surface area contributed by atoms with Crippen LogP contribution in [0.25, 0.3) is 0 Å². The van der Waals surface area contributed by atoms with Gasteiger partial charge in [0.05, 0.1) is 26.4 Å². The summed E-state index contributed by atoms with van der Waals surface area (Å²) < 4.78 is 23.2. The van der Waals surface area contributed by atoms with Gasteiger partial charge in [0.1, 0.15) is 19.2 Å². The second kappa shape index (κ2) is 23.5. The fourth-order valence-electron chi connectivity index (χ4n) is 3.23. The molecule has 0 aliphatic carbocycles. The van der Waals surface area contributed by atoms with Crippen molar-refractivity contribution in [3.8, 4) is 0 Å². The smallest absolute Gasteiger partial charge is 0.173 e. The first-order chi connectivity index (χ1) is 16.8. The number of carbonyl (C=O) groups is 1. The molecule has 0 rings (SSSR count). The first-order valence-corrected chi connectivity index (χ1v) is 18.5. The van der Waals surface area contributed by atoms with Gasteiger partial charge in [0.2, 0.25) is 0 Å². The van der Waals surface area contributed by atoms with Crippen LogP contribution in [0.3, 0.4) is 0 Å². The largest absolute Gasteiger partial charge is 0.498 e. The van der Waals surface area contributed by atoms with Gasteiger partial charge in [0.25, 0.3) is 0 Å². The van der Waals surface area contributed by atoms with Gasteiger partial charge in [0.15, 0.2) is 22.9 Å². The molecule has 0 saturated carbocycles. The molecule has 0 saturated heterocycles. The fraction of sp³-hybridized carbons (Fsp3) is 0.864. The number of ether oxygens (including phenoxy) is 3. The number of aliphatic hydroxyl groups is 1. The fourth-order valence-corrected chi connectivity index (χ4v) is 12.0. The molecule has 0 aromatic rings. The number of unbranched alkanes of at least 4 members (excludes halogenated alkanes) is 3. The SMILES string of the molecule is C[Si](C)(CCCOC=COOOOOCCO)O[Si](C)(C)CCCOCCOCCCCCC=O. The Hall–Kier alpha value is -0.876. The van der Waals surface area contributed by atoms with Crippen molar-refractivity contribution in [1.29, 1.82) is 0 Å². The molecule has 0 fully saturated rings. The van der Waals surface area contributed by atoms with Crippen LogP contribution in [0.1, 0.15) is 38.5 Å². The molecule has 0 heterocycles. The monoisotopic (exact) mass is 542 g/mol. The number of carbonyl (C=O) groups excluding carboxylic acids is 1. The third-order valence-electron chi connectivity index (χ3n) is 4.67. The summed E-state index contributed by atoms with van der Waals surface area (Å²) in [6, 6.07) is 2.06. The van der Waals surface area contributed by atoms with Crippen LogP contribution in [-0.2, 0) is 48.0 Å². The highest BCUT2D eigenvalue weighted by Crippen LogP contribution is 2.23. The summed E-state index contributed by atoms with van der Waals surface area (Å²) in [6.45, 7) is 12.0. The quantitative estimate of drug-likeness (QED) is 0.0401. The van der Waals surface area contributed by atoms with Crippen molar-refractivity contribution < 1.29 is 53.1 Å². The third kappa shape index (κ3) is 26.0. The Morgan fingerprint density at radius 2 is 1.34 bits per heavy atom. The van der Waals surface area contributed by atoms with E-state index in [-0.39, 0.29) is 13.2 Å². The molecule has 0 unspecified atom stereocenters. The van der Waals surface area contributed by atoms with E-state index in [2.05, 4.69) is 51.1 Å². The lowest BCUT2D eigenvalue weighted by Gasteiger charge is -2.34. The van der Waals surface area contributed by atoms with Crippen molar-refractivity contribution in [1.82, 2.24) is 0 Å². The Balaban J connectivity index is 3.67. The highest BCUT2D eigenvalue weighted by molar-refractivity contribution is 6.84. The summed E-state index contributed by atoms with van der Waals surface area (Å²) in [6.07, 6.45) is 8.94. The molecule has 0 bridgehead atoms. The van der Waals surface area contributed by atoms with Crippen LogP contribution in [0, 0.1) is 0 Å². The van der Waals surface area contributed by atoms with E-state index in [1.54, 1.807) is 0 Å². The lowest BCUT2D eigenvalue weighted by molar-refractivity contribution is -0.700. The predicted octanol–water partition coefficient (Wildman–Crippen LogP) is 4.21. The summed E-state index contributed by atoms with van der Waals surface area (Å²) in [4.78, 5) is 19.0. The number of rotatable bonds is 27. The summed E-state index contributed by atoms with van der Waals surface area (Å²) in [5, 5.41) is 20.7. The van der Waals surface area contributed by atoms with Gasteiger partial charge in [-0.05, 0) is 69.0 Å². The topological polar surface area (TPSA) is 120 Å². The maximum atomic E-state index is 10.2. The normalized spacial score (nSPS) is 12.4. The first kappa shape index (κ1) is 34.1. The summed E-state index contributed by atoms with van der Waals surface area (Å²) >= 11 is 0. The highest BCUT2D eigenvalue weighted by Gasteiger charge is 2.32. The molecule has 0 radical (unpaired) electrons. The van der Waals surface area contributed by atoms with Gasteiger partial charge in [0, 0.05) is 29.7 Å². The minimum atomic E-state index is -1.79. The van der Waals surface area contributed by atoms with Crippen molar-refractivity contribution in [2.45, 2.75) is 76.8 Å². The first-order valence-electron chi connectivity index (χ1n) is 12.3. The Bertz CT molecular complexity index is 508. The van der Waals surface area contributed by atoms with E-state index in [1.165, 1.54) is 6.26 Å². The molecule has 208 valence electrons. The van der Waals surface area contributed by atoms with Crippen molar-refractivity contribution in [2.75, 3.05) is 46.2 Å². The minimum absolute atomic E-state index is 0.0532. The molecule has 0 amide bonds. The van der Waals surface area contributed by atoms with Gasteiger partial charge < -0.3 is 33.1 Å². The van der Waals surface area contributed by atoms with E-state index in [9.17, 15) is 4.79 Å². The van der Waals surface area contributed by atoms with Crippen LogP contribution in [0.4, 0.5) is 0 Å². The molecule has 0 aliphatic rings. The summed E-state index contributed by atoms with van der Waals surface area (Å²) in [5.74, 6) is 0. The van der Waals surface area contributed by atoms with Gasteiger partial charge >= 0.3 is 0 Å². The zero-order valence-corrected chi connectivity index (χ0v) is 23.9. The number of aliphatic hydroxyl groups excluding tert-OH is 1. The van der Waals surface area contributed by atoms with E-state index in [4.69, 9.17) is 23.4 Å². The Morgan fingerprint density at radius 3 is 2.00 bits per heavy atom. The second-order valence-corrected chi connectivity index (χ2v) is 17.9. The standard InChI is InChI=1S/C22H46O11Si2/c1-34(2,21-9-14-26-18-17-25-13-8-6-5-7-11-23)33-35(3,4)22-10-15-27-19-20-29-31-32-30-28-16-12-24/h11,19-20,24H,5-10,12-18,21-22H2,1-4H3. The molecule has 0 atom stereocenters. The van der Waals surface area contributed by atoms with E-state index < -0.39 is 16.6 Å². The molecule has 0 aliphatic heterocycles. The molecule has 0 spiro atoms. The van der Waals surface area contributed by atoms with E-state index in [1.807, 2.05) is 0 Å². The molecule has 35 heavy (non-hydrogen) atoms. The molecular weight excluding hydrogens is 496 g/mol. The van der Waals surface area contributed by atoms with Crippen molar-refractivity contribution >= 4 is 22.9 Å². The van der Waals surface area contributed by atoms with Crippen LogP contribution >= 0.6 is 0 Å². The van der Waals surface area contributed by atoms with Gasteiger partial charge in [-0.2, -0.15) is 0 Å². The van der Waals surface area contributed by atoms with Gasteiger partial charge in [-0.25, -0.2) is 4.89 Å². The lowest BCUT2D eigenvalue weighted by Crippen LogP contribution is -2.44. The molecule has 13 heteroatoms. The molecular formula is C22H46O11Si2. The van der Waals surface area contributed by atoms with Crippen LogP contribution < -0.4 is 0 Å². The maximum Gasteiger partial charge on any atom is 0.173 e. The molecule has 0 aromatic carbocycles. The number of hydrogen-bond donors (Lipinski definition) is 1. The Kier molecular flexibility index (Phi) is 22.9. The second-order valence-electron chi connectivity index (χ2n) is 9.06. The lowest BCUT2D eigenvalue weighted by atomic mass is 10.2. The van der Waals surface area contributed by atoms with Gasteiger partial charge in [-0.15, -0.1) is 0 Å². The highest BCUT2D eigenvalue weighted by atomic mass is 28.4. The number of aldehydes is 1. The molecule has 11 nitrogen and oxygen atoms in total. The summed E-state index contributed by atoms with van der Waals surface area (Å²) in [7, 11) is -3.54. The van der Waals surface area contributed by atoms with Crippen LogP contribution in [-0.4, -0.2) is 74.3 Å². The zero-order valence-electron chi connectivity index (χ0n) is 21.9. The van der Waals surface area contributed by atoms with E-state index in [0.717, 1.165) is 70.0 Å². The Morgan fingerprint density at radius 1 is 0.686 bits per heavy atom. The van der Waals surface area contributed by atoms with Crippen molar-refractivity contribution in [3.05, 3.63) is 12.5 Å². The van der Waals surface area contributed by atoms with Crippen molar-refractivity contribution in [3.63, 3.8) is 0 Å². The zero-order chi connectivity index (χ0) is 26.1. The molecule has 1 N–H and O–H groups in total. The summed E-state index contributed by atoms with van der Waals surface area (Å²) in [5.41, 5.74) is 0. The van der Waals surface area contributed by atoms with Gasteiger partial charge in [-0.3, -0.25) is 0 Å². The van der Waals surface area contributed by atoms with Crippen LogP contribution in [0.15, 0.2) is 12.5 Å². The minimum Gasteiger partial charge on any atom is -0.498 e. The van der Waals surface area contributed by atoms with Crippen LogP contribution in [0.2, 0.25) is 38.3 Å². The average Bonchev–Trinajstić information content (AvgIpc) is 2.79. The third-order valence-corrected chi connectivity index (χ3v) is 12.2. The number of hydrogen-bond acceptors (Lipinski definition) is 11. The maximum absolute atomic E-state index is 10.2. The average molecular weight is 543 g/mol. The van der Waals surface area contributed by atoms with E-state index >= 15 is 0 Å². The van der Waals surface area contributed by atoms with Crippen molar-refractivity contribution in [2.24, 2.45) is 0 Å². The Labute approximate surface area is 211 Å². The molecule has 0 aromatic heterocycles. The predicted molar refractivity (Wildman–Crippen MR) is 134 cm³/mol.